The zero-order valence-electron chi connectivity index (χ0n) is 15.9. The molecule has 2 aromatic rings. The SMILES string of the molecule is Cc1cccc(NC(=O)C2CSc3nc(C(C)(C)C)cc(=O)n3C2)c1C. The second-order valence-electron chi connectivity index (χ2n) is 7.87. The number of carbonyl (C=O) groups excluding carboxylic acids is 1. The third-order valence-corrected chi connectivity index (χ3v) is 5.93. The standard InChI is InChI=1S/C20H25N3O2S/c1-12-7-6-8-15(13(12)2)21-18(25)14-10-23-17(24)9-16(20(3,4)5)22-19(23)26-11-14/h6-9,14H,10-11H2,1-5H3,(H,21,25). The van der Waals surface area contributed by atoms with Crippen molar-refractivity contribution in [1.82, 2.24) is 9.55 Å². The van der Waals surface area contributed by atoms with E-state index in [1.54, 1.807) is 10.6 Å². The van der Waals surface area contributed by atoms with E-state index < -0.39 is 0 Å². The Morgan fingerprint density at radius 2 is 2.04 bits per heavy atom. The summed E-state index contributed by atoms with van der Waals surface area (Å²) in [4.78, 5) is 29.9. The molecule has 1 aromatic carbocycles. The molecule has 0 saturated carbocycles. The number of benzene rings is 1. The molecular weight excluding hydrogens is 346 g/mol. The Hall–Kier alpha value is -2.08. The van der Waals surface area contributed by atoms with Gasteiger partial charge < -0.3 is 5.32 Å². The predicted octanol–water partition coefficient (Wildman–Crippen LogP) is 3.52. The van der Waals surface area contributed by atoms with E-state index in [1.165, 1.54) is 11.8 Å². The van der Waals surface area contributed by atoms with Gasteiger partial charge in [0, 0.05) is 29.5 Å². The molecule has 1 N–H and O–H groups in total. The molecular formula is C20H25N3O2S. The number of nitrogens with one attached hydrogen (secondary N) is 1. The summed E-state index contributed by atoms with van der Waals surface area (Å²) < 4.78 is 1.62. The summed E-state index contributed by atoms with van der Waals surface area (Å²) in [7, 11) is 0. The van der Waals surface area contributed by atoms with Crippen molar-refractivity contribution in [3.8, 4) is 0 Å². The van der Waals surface area contributed by atoms with Crippen LogP contribution in [0.2, 0.25) is 0 Å². The zero-order chi connectivity index (χ0) is 19.1. The highest BCUT2D eigenvalue weighted by atomic mass is 32.2. The Bertz CT molecular complexity index is 912. The lowest BCUT2D eigenvalue weighted by atomic mass is 9.92. The first-order valence-corrected chi connectivity index (χ1v) is 9.77. The Morgan fingerprint density at radius 3 is 2.73 bits per heavy atom. The fraction of sp³-hybridized carbons (Fsp3) is 0.450. The number of thioether (sulfide) groups is 1. The van der Waals surface area contributed by atoms with Crippen molar-refractivity contribution >= 4 is 23.4 Å². The van der Waals surface area contributed by atoms with Gasteiger partial charge in [0.15, 0.2) is 5.16 Å². The fourth-order valence-corrected chi connectivity index (χ4v) is 3.97. The number of nitrogens with zero attached hydrogens (tertiary/aromatic N) is 2. The van der Waals surface area contributed by atoms with E-state index in [2.05, 4.69) is 10.3 Å². The molecule has 0 spiro atoms. The van der Waals surface area contributed by atoms with Crippen molar-refractivity contribution in [2.75, 3.05) is 11.1 Å². The molecule has 0 aliphatic carbocycles. The minimum absolute atomic E-state index is 0.0522. The van der Waals surface area contributed by atoms with Crippen LogP contribution in [0.5, 0.6) is 0 Å². The van der Waals surface area contributed by atoms with Crippen LogP contribution in [0.25, 0.3) is 0 Å². The molecule has 0 radical (unpaired) electrons. The van der Waals surface area contributed by atoms with Crippen LogP contribution >= 0.6 is 11.8 Å². The molecule has 1 aliphatic rings. The average molecular weight is 372 g/mol. The minimum atomic E-state index is -0.257. The molecule has 1 unspecified atom stereocenters. The van der Waals surface area contributed by atoms with Crippen LogP contribution in [0.3, 0.4) is 0 Å². The Kier molecular flexibility index (Phi) is 4.97. The van der Waals surface area contributed by atoms with E-state index in [0.29, 0.717) is 17.5 Å². The summed E-state index contributed by atoms with van der Waals surface area (Å²) in [6, 6.07) is 7.46. The zero-order valence-corrected chi connectivity index (χ0v) is 16.7. The van der Waals surface area contributed by atoms with Gasteiger partial charge in [0.25, 0.3) is 5.56 Å². The summed E-state index contributed by atoms with van der Waals surface area (Å²) in [5.41, 5.74) is 3.57. The van der Waals surface area contributed by atoms with E-state index in [1.807, 2.05) is 52.8 Å². The quantitative estimate of drug-likeness (QED) is 0.821. The fourth-order valence-electron chi connectivity index (χ4n) is 2.88. The van der Waals surface area contributed by atoms with Crippen molar-refractivity contribution in [1.29, 1.82) is 0 Å². The molecule has 5 nitrogen and oxygen atoms in total. The summed E-state index contributed by atoms with van der Waals surface area (Å²) in [6.45, 7) is 10.5. The maximum Gasteiger partial charge on any atom is 0.254 e. The summed E-state index contributed by atoms with van der Waals surface area (Å²) in [5.74, 6) is 0.313. The van der Waals surface area contributed by atoms with Gasteiger partial charge in [-0.3, -0.25) is 14.2 Å². The molecule has 1 aliphatic heterocycles. The first kappa shape index (κ1) is 18.7. The summed E-state index contributed by atoms with van der Waals surface area (Å²) >= 11 is 1.48. The van der Waals surface area contributed by atoms with Crippen molar-refractivity contribution in [3.05, 3.63) is 51.4 Å². The molecule has 0 fully saturated rings. The molecule has 2 heterocycles. The van der Waals surface area contributed by atoms with Gasteiger partial charge in [-0.2, -0.15) is 0 Å². The lowest BCUT2D eigenvalue weighted by Gasteiger charge is -2.26. The minimum Gasteiger partial charge on any atom is -0.326 e. The molecule has 0 bridgehead atoms. The van der Waals surface area contributed by atoms with E-state index in [4.69, 9.17) is 0 Å². The van der Waals surface area contributed by atoms with Crippen molar-refractivity contribution in [3.63, 3.8) is 0 Å². The lowest BCUT2D eigenvalue weighted by molar-refractivity contribution is -0.119. The summed E-state index contributed by atoms with van der Waals surface area (Å²) in [6.07, 6.45) is 0. The number of fused-ring (bicyclic) bond motifs is 1. The van der Waals surface area contributed by atoms with Crippen LogP contribution < -0.4 is 10.9 Å². The highest BCUT2D eigenvalue weighted by Gasteiger charge is 2.29. The van der Waals surface area contributed by atoms with Crippen LogP contribution in [-0.2, 0) is 16.8 Å². The van der Waals surface area contributed by atoms with E-state index in [-0.39, 0.29) is 22.8 Å². The molecule has 1 aromatic heterocycles. The first-order chi connectivity index (χ1) is 12.2. The van der Waals surface area contributed by atoms with Gasteiger partial charge in [0.05, 0.1) is 11.6 Å². The van der Waals surface area contributed by atoms with Crippen LogP contribution in [0.1, 0.15) is 37.6 Å². The van der Waals surface area contributed by atoms with Gasteiger partial charge in [0.2, 0.25) is 5.91 Å². The molecule has 138 valence electrons. The monoisotopic (exact) mass is 371 g/mol. The maximum atomic E-state index is 12.7. The number of hydrogen-bond donors (Lipinski definition) is 1. The Morgan fingerprint density at radius 1 is 1.31 bits per heavy atom. The number of rotatable bonds is 2. The van der Waals surface area contributed by atoms with Crippen LogP contribution in [0, 0.1) is 19.8 Å². The third-order valence-electron chi connectivity index (χ3n) is 4.79. The number of amides is 1. The van der Waals surface area contributed by atoms with Gasteiger partial charge in [-0.25, -0.2) is 4.98 Å². The van der Waals surface area contributed by atoms with Gasteiger partial charge in [0.1, 0.15) is 0 Å². The van der Waals surface area contributed by atoms with Crippen molar-refractivity contribution < 1.29 is 4.79 Å². The number of anilines is 1. The smallest absolute Gasteiger partial charge is 0.254 e. The van der Waals surface area contributed by atoms with E-state index in [0.717, 1.165) is 22.5 Å². The molecule has 1 amide bonds. The highest BCUT2D eigenvalue weighted by Crippen LogP contribution is 2.29. The Balaban J connectivity index is 1.81. The predicted molar refractivity (Wildman–Crippen MR) is 106 cm³/mol. The van der Waals surface area contributed by atoms with E-state index >= 15 is 0 Å². The molecule has 3 rings (SSSR count). The topological polar surface area (TPSA) is 64.0 Å². The largest absolute Gasteiger partial charge is 0.326 e. The van der Waals surface area contributed by atoms with Gasteiger partial charge in [-0.1, -0.05) is 44.7 Å². The molecule has 26 heavy (non-hydrogen) atoms. The molecule has 1 atom stereocenters. The average Bonchev–Trinajstić information content (AvgIpc) is 2.57. The van der Waals surface area contributed by atoms with Gasteiger partial charge in [-0.05, 0) is 31.0 Å². The Labute approximate surface area is 158 Å². The number of carbonyl (C=O) groups is 1. The number of aryl methyl sites for hydroxylation is 1. The van der Waals surface area contributed by atoms with E-state index in [9.17, 15) is 9.59 Å². The summed E-state index contributed by atoms with van der Waals surface area (Å²) in [5, 5.41) is 3.73. The molecule has 0 saturated heterocycles. The van der Waals surface area contributed by atoms with Crippen LogP contribution in [-0.4, -0.2) is 21.2 Å². The first-order valence-electron chi connectivity index (χ1n) is 8.79. The number of aromatic nitrogens is 2. The number of hydrogen-bond acceptors (Lipinski definition) is 4. The highest BCUT2D eigenvalue weighted by molar-refractivity contribution is 7.99. The van der Waals surface area contributed by atoms with Gasteiger partial charge >= 0.3 is 0 Å². The maximum absolute atomic E-state index is 12.7. The van der Waals surface area contributed by atoms with Crippen molar-refractivity contribution in [2.45, 2.75) is 51.7 Å². The molecule has 6 heteroatoms. The van der Waals surface area contributed by atoms with Crippen LogP contribution in [0.15, 0.2) is 34.2 Å². The van der Waals surface area contributed by atoms with Crippen molar-refractivity contribution in [2.24, 2.45) is 5.92 Å². The second kappa shape index (κ2) is 6.91. The lowest BCUT2D eigenvalue weighted by Crippen LogP contribution is -2.37. The normalized spacial score (nSPS) is 16.9. The third kappa shape index (κ3) is 3.70. The van der Waals surface area contributed by atoms with Gasteiger partial charge in [-0.15, -0.1) is 0 Å². The van der Waals surface area contributed by atoms with Crippen LogP contribution in [0.4, 0.5) is 5.69 Å². The second-order valence-corrected chi connectivity index (χ2v) is 8.85.